The lowest BCUT2D eigenvalue weighted by Crippen LogP contribution is -2.37. The summed E-state index contributed by atoms with van der Waals surface area (Å²) in [6, 6.07) is 0. The average Bonchev–Trinajstić information content (AvgIpc) is 3.46. The number of hydrogen-bond acceptors (Lipinski definition) is 7. The second-order valence-electron chi connectivity index (χ2n) is 6.73. The minimum Gasteiger partial charge on any atom is -0.422 e. The molecule has 7 nitrogen and oxygen atoms in total. The summed E-state index contributed by atoms with van der Waals surface area (Å²) in [5.41, 5.74) is -0.217. The Morgan fingerprint density at radius 3 is 1.29 bits per heavy atom. The predicted octanol–water partition coefficient (Wildman–Crippen LogP) is -0.561. The SMILES string of the molecule is [SiH3]OC(CCOCC1CO1)(CCOCC1CO1)CCOCC1CO1. The smallest absolute Gasteiger partial charge is 0.146 e. The maximum absolute atomic E-state index is 6.01. The van der Waals surface area contributed by atoms with Crippen LogP contribution in [0.25, 0.3) is 0 Å². The van der Waals surface area contributed by atoms with E-state index in [4.69, 9.17) is 32.8 Å². The molecule has 0 saturated carbocycles. The van der Waals surface area contributed by atoms with Crippen LogP contribution >= 0.6 is 0 Å². The fourth-order valence-corrected chi connectivity index (χ4v) is 3.21. The number of epoxide rings is 3. The second kappa shape index (κ2) is 9.58. The monoisotopic (exact) mass is 362 g/mol. The molecule has 0 bridgehead atoms. The van der Waals surface area contributed by atoms with E-state index in [9.17, 15) is 0 Å². The highest BCUT2D eigenvalue weighted by Crippen LogP contribution is 2.26. The molecule has 0 spiro atoms. The molecule has 3 unspecified atom stereocenters. The van der Waals surface area contributed by atoms with E-state index in [2.05, 4.69) is 0 Å². The van der Waals surface area contributed by atoms with Crippen molar-refractivity contribution in [3.8, 4) is 0 Å². The molecule has 24 heavy (non-hydrogen) atoms. The average molecular weight is 362 g/mol. The molecular weight excluding hydrogens is 332 g/mol. The van der Waals surface area contributed by atoms with Crippen molar-refractivity contribution in [2.45, 2.75) is 43.2 Å². The van der Waals surface area contributed by atoms with Crippen molar-refractivity contribution in [1.29, 1.82) is 0 Å². The van der Waals surface area contributed by atoms with Gasteiger partial charge in [0.2, 0.25) is 0 Å². The number of ether oxygens (including phenoxy) is 6. The summed E-state index contributed by atoms with van der Waals surface area (Å²) in [6.45, 7) is 6.58. The van der Waals surface area contributed by atoms with Gasteiger partial charge >= 0.3 is 0 Å². The molecule has 140 valence electrons. The Bertz CT molecular complexity index is 308. The van der Waals surface area contributed by atoms with Crippen LogP contribution in [0.5, 0.6) is 0 Å². The van der Waals surface area contributed by atoms with Gasteiger partial charge in [0.25, 0.3) is 0 Å². The number of rotatable bonds is 16. The Morgan fingerprint density at radius 2 is 1.04 bits per heavy atom. The fourth-order valence-electron chi connectivity index (χ4n) is 2.59. The van der Waals surface area contributed by atoms with Crippen LogP contribution in [0.1, 0.15) is 19.3 Å². The normalized spacial score (nSPS) is 30.2. The summed E-state index contributed by atoms with van der Waals surface area (Å²) >= 11 is 0. The zero-order chi connectivity index (χ0) is 16.7. The van der Waals surface area contributed by atoms with E-state index in [1.165, 1.54) is 0 Å². The van der Waals surface area contributed by atoms with Gasteiger partial charge in [-0.1, -0.05) is 0 Å². The van der Waals surface area contributed by atoms with Gasteiger partial charge in [-0.05, 0) is 19.3 Å². The molecule has 3 atom stereocenters. The zero-order valence-corrected chi connectivity index (χ0v) is 16.6. The summed E-state index contributed by atoms with van der Waals surface area (Å²) in [7, 11) is 0.687. The van der Waals surface area contributed by atoms with Crippen molar-refractivity contribution >= 4 is 10.5 Å². The van der Waals surface area contributed by atoms with Crippen LogP contribution in [-0.2, 0) is 32.8 Å². The zero-order valence-electron chi connectivity index (χ0n) is 14.6. The highest BCUT2D eigenvalue weighted by Gasteiger charge is 2.31. The standard InChI is InChI=1S/C16H30O7Si/c24-23-16(1-4-17-7-13-10-20-13,2-5-18-8-14-11-21-14)3-6-19-9-15-12-22-15/h13-15H,1-12H2,24H3. The van der Waals surface area contributed by atoms with Crippen LogP contribution in [0, 0.1) is 0 Å². The van der Waals surface area contributed by atoms with Gasteiger partial charge in [0, 0.05) is 19.8 Å². The van der Waals surface area contributed by atoms with Crippen molar-refractivity contribution in [2.75, 3.05) is 59.5 Å². The summed E-state index contributed by atoms with van der Waals surface area (Å²) in [5, 5.41) is 0. The summed E-state index contributed by atoms with van der Waals surface area (Å²) in [5.74, 6) is 0. The largest absolute Gasteiger partial charge is 0.422 e. The van der Waals surface area contributed by atoms with Crippen molar-refractivity contribution in [2.24, 2.45) is 0 Å². The van der Waals surface area contributed by atoms with Gasteiger partial charge in [-0.3, -0.25) is 0 Å². The molecule has 3 rings (SSSR count). The maximum Gasteiger partial charge on any atom is 0.146 e. The molecule has 3 saturated heterocycles. The van der Waals surface area contributed by atoms with Gasteiger partial charge in [-0.15, -0.1) is 0 Å². The molecule has 0 amide bonds. The molecule has 0 aromatic heterocycles. The molecular formula is C16H30O7Si. The molecule has 8 heteroatoms. The quantitative estimate of drug-likeness (QED) is 0.207. The lowest BCUT2D eigenvalue weighted by atomic mass is 9.92. The van der Waals surface area contributed by atoms with Crippen molar-refractivity contribution in [3.63, 3.8) is 0 Å². The summed E-state index contributed by atoms with van der Waals surface area (Å²) < 4.78 is 38.7. The maximum atomic E-state index is 6.01. The molecule has 3 heterocycles. The molecule has 3 aliphatic rings. The molecule has 0 radical (unpaired) electrons. The van der Waals surface area contributed by atoms with Crippen molar-refractivity contribution in [1.82, 2.24) is 0 Å². The second-order valence-corrected chi connectivity index (χ2v) is 7.14. The van der Waals surface area contributed by atoms with E-state index < -0.39 is 0 Å². The van der Waals surface area contributed by atoms with Crippen LogP contribution < -0.4 is 0 Å². The Morgan fingerprint density at radius 1 is 0.708 bits per heavy atom. The summed E-state index contributed by atoms with van der Waals surface area (Å²) in [4.78, 5) is 0. The van der Waals surface area contributed by atoms with Gasteiger partial charge in [0.1, 0.15) is 28.8 Å². The van der Waals surface area contributed by atoms with Gasteiger partial charge in [0.15, 0.2) is 0 Å². The lowest BCUT2D eigenvalue weighted by molar-refractivity contribution is -0.0300. The first-order valence-corrected chi connectivity index (χ1v) is 9.74. The lowest BCUT2D eigenvalue weighted by Gasteiger charge is -2.33. The fraction of sp³-hybridized carbons (Fsp3) is 1.00. The van der Waals surface area contributed by atoms with Gasteiger partial charge in [0.05, 0.1) is 45.2 Å². The van der Waals surface area contributed by atoms with Crippen molar-refractivity contribution in [3.05, 3.63) is 0 Å². The van der Waals surface area contributed by atoms with Crippen LogP contribution in [0.3, 0.4) is 0 Å². The van der Waals surface area contributed by atoms with Gasteiger partial charge < -0.3 is 32.8 Å². The Kier molecular flexibility index (Phi) is 7.48. The first kappa shape index (κ1) is 18.7. The highest BCUT2D eigenvalue weighted by molar-refractivity contribution is 5.98. The Balaban J connectivity index is 1.35. The van der Waals surface area contributed by atoms with E-state index in [0.717, 1.165) is 39.1 Å². The highest BCUT2D eigenvalue weighted by atomic mass is 28.2. The minimum absolute atomic E-state index is 0.217. The molecule has 0 aromatic rings. The van der Waals surface area contributed by atoms with Crippen LogP contribution in [0.2, 0.25) is 0 Å². The van der Waals surface area contributed by atoms with Crippen LogP contribution in [0.15, 0.2) is 0 Å². The topological polar surface area (TPSA) is 74.5 Å². The first-order valence-electron chi connectivity index (χ1n) is 8.93. The first-order chi connectivity index (χ1) is 11.8. The Hall–Kier alpha value is -0.0631. The molecule has 0 N–H and O–H groups in total. The predicted molar refractivity (Wildman–Crippen MR) is 89.3 cm³/mol. The van der Waals surface area contributed by atoms with Gasteiger partial charge in [-0.2, -0.15) is 0 Å². The van der Waals surface area contributed by atoms with E-state index in [1.807, 2.05) is 0 Å². The third-order valence-corrected chi connectivity index (χ3v) is 5.52. The van der Waals surface area contributed by atoms with Crippen LogP contribution in [-0.4, -0.2) is 93.9 Å². The third kappa shape index (κ3) is 7.45. The third-order valence-electron chi connectivity index (χ3n) is 4.66. The molecule has 3 fully saturated rings. The molecule has 0 aromatic carbocycles. The molecule has 0 aliphatic carbocycles. The number of hydrogen-bond donors (Lipinski definition) is 0. The van der Waals surface area contributed by atoms with E-state index in [-0.39, 0.29) is 5.60 Å². The van der Waals surface area contributed by atoms with E-state index in [0.29, 0.717) is 68.4 Å². The van der Waals surface area contributed by atoms with Gasteiger partial charge in [-0.25, -0.2) is 0 Å². The van der Waals surface area contributed by atoms with E-state index in [1.54, 1.807) is 0 Å². The van der Waals surface area contributed by atoms with E-state index >= 15 is 0 Å². The summed E-state index contributed by atoms with van der Waals surface area (Å²) in [6.07, 6.45) is 3.49. The molecule has 3 aliphatic heterocycles. The minimum atomic E-state index is -0.217. The Labute approximate surface area is 146 Å². The van der Waals surface area contributed by atoms with Crippen LogP contribution in [0.4, 0.5) is 0 Å². The van der Waals surface area contributed by atoms with Crippen molar-refractivity contribution < 1.29 is 32.8 Å².